The Kier molecular flexibility index (Phi) is 7.43. The molecule has 124 valence electrons. The zero-order valence-electron chi connectivity index (χ0n) is 13.6. The van der Waals surface area contributed by atoms with Crippen molar-refractivity contribution in [2.75, 3.05) is 33.4 Å². The van der Waals surface area contributed by atoms with Crippen LogP contribution in [0.4, 0.5) is 0 Å². The van der Waals surface area contributed by atoms with Gasteiger partial charge in [-0.3, -0.25) is 4.90 Å². The first kappa shape index (κ1) is 17.3. The third-order valence-corrected chi connectivity index (χ3v) is 3.62. The monoisotopic (exact) mass is 315 g/mol. The van der Waals surface area contributed by atoms with Crippen LogP contribution in [0.5, 0.6) is 11.5 Å². The summed E-state index contributed by atoms with van der Waals surface area (Å²) in [6.45, 7) is 3.29. The predicted octanol–water partition coefficient (Wildman–Crippen LogP) is 2.96. The maximum Gasteiger partial charge on any atom is 0.161 e. The van der Waals surface area contributed by atoms with Crippen LogP contribution in [0.2, 0.25) is 0 Å². The normalized spacial score (nSPS) is 10.7. The number of ether oxygens (including phenoxy) is 2. The molecule has 0 amide bonds. The fourth-order valence-corrected chi connectivity index (χ4v) is 2.43. The summed E-state index contributed by atoms with van der Waals surface area (Å²) < 4.78 is 11.1. The smallest absolute Gasteiger partial charge is 0.161 e. The summed E-state index contributed by atoms with van der Waals surface area (Å²) in [5, 5.41) is 9.08. The van der Waals surface area contributed by atoms with Crippen LogP contribution >= 0.6 is 0 Å². The van der Waals surface area contributed by atoms with Crippen LogP contribution in [-0.2, 0) is 6.54 Å². The van der Waals surface area contributed by atoms with Gasteiger partial charge in [0.15, 0.2) is 11.5 Å². The van der Waals surface area contributed by atoms with E-state index >= 15 is 0 Å². The summed E-state index contributed by atoms with van der Waals surface area (Å²) in [5.41, 5.74) is 1.27. The van der Waals surface area contributed by atoms with Crippen LogP contribution in [-0.4, -0.2) is 43.4 Å². The van der Waals surface area contributed by atoms with Crippen molar-refractivity contribution in [1.82, 2.24) is 4.90 Å². The van der Waals surface area contributed by atoms with Crippen molar-refractivity contribution < 1.29 is 14.6 Å². The highest BCUT2D eigenvalue weighted by Crippen LogP contribution is 2.25. The van der Waals surface area contributed by atoms with Crippen molar-refractivity contribution in [1.29, 1.82) is 0 Å². The van der Waals surface area contributed by atoms with Crippen LogP contribution in [0.3, 0.4) is 0 Å². The maximum absolute atomic E-state index is 9.08. The van der Waals surface area contributed by atoms with E-state index in [0.29, 0.717) is 6.61 Å². The van der Waals surface area contributed by atoms with Gasteiger partial charge in [0.25, 0.3) is 0 Å². The molecule has 4 nitrogen and oxygen atoms in total. The van der Waals surface area contributed by atoms with Crippen molar-refractivity contribution in [3.05, 3.63) is 60.2 Å². The molecule has 23 heavy (non-hydrogen) atoms. The Morgan fingerprint density at radius 3 is 2.30 bits per heavy atom. The molecule has 0 saturated heterocycles. The van der Waals surface area contributed by atoms with E-state index < -0.39 is 0 Å². The molecule has 0 aliphatic rings. The number of para-hydroxylation sites is 2. The maximum atomic E-state index is 9.08. The Morgan fingerprint density at radius 2 is 1.61 bits per heavy atom. The van der Waals surface area contributed by atoms with Crippen LogP contribution < -0.4 is 9.47 Å². The van der Waals surface area contributed by atoms with Crippen molar-refractivity contribution >= 4 is 0 Å². The first-order valence-corrected chi connectivity index (χ1v) is 7.96. The Balaban J connectivity index is 1.87. The molecule has 2 aromatic rings. The van der Waals surface area contributed by atoms with Gasteiger partial charge in [0.1, 0.15) is 6.61 Å². The number of hydrogen-bond acceptors (Lipinski definition) is 4. The van der Waals surface area contributed by atoms with Gasteiger partial charge in [-0.2, -0.15) is 0 Å². The van der Waals surface area contributed by atoms with Crippen LogP contribution in [0, 0.1) is 0 Å². The fraction of sp³-hybridized carbons (Fsp3) is 0.368. The van der Waals surface area contributed by atoms with Gasteiger partial charge in [-0.25, -0.2) is 0 Å². The SMILES string of the molecule is COc1ccccc1OCCN(CCCO)Cc1ccccc1. The molecule has 0 aliphatic heterocycles. The van der Waals surface area contributed by atoms with Gasteiger partial charge in [-0.1, -0.05) is 42.5 Å². The second kappa shape index (κ2) is 9.87. The van der Waals surface area contributed by atoms with Gasteiger partial charge >= 0.3 is 0 Å². The van der Waals surface area contributed by atoms with E-state index in [1.807, 2.05) is 42.5 Å². The van der Waals surface area contributed by atoms with E-state index in [2.05, 4.69) is 17.0 Å². The highest BCUT2D eigenvalue weighted by Gasteiger charge is 2.08. The first-order chi connectivity index (χ1) is 11.3. The zero-order chi connectivity index (χ0) is 16.3. The molecular formula is C19H25NO3. The van der Waals surface area contributed by atoms with E-state index in [-0.39, 0.29) is 6.61 Å². The summed E-state index contributed by atoms with van der Waals surface area (Å²) in [6.07, 6.45) is 0.765. The molecule has 1 N–H and O–H groups in total. The van der Waals surface area contributed by atoms with Gasteiger partial charge in [0.05, 0.1) is 7.11 Å². The fourth-order valence-electron chi connectivity index (χ4n) is 2.43. The zero-order valence-corrected chi connectivity index (χ0v) is 13.6. The number of aliphatic hydroxyl groups is 1. The van der Waals surface area contributed by atoms with E-state index in [0.717, 1.165) is 37.6 Å². The molecule has 4 heteroatoms. The molecule has 0 unspecified atom stereocenters. The van der Waals surface area contributed by atoms with Gasteiger partial charge in [-0.15, -0.1) is 0 Å². The molecule has 0 saturated carbocycles. The number of nitrogens with zero attached hydrogens (tertiary/aromatic N) is 1. The van der Waals surface area contributed by atoms with Gasteiger partial charge in [-0.05, 0) is 24.1 Å². The largest absolute Gasteiger partial charge is 0.493 e. The molecule has 0 spiro atoms. The second-order valence-electron chi connectivity index (χ2n) is 5.34. The van der Waals surface area contributed by atoms with Crippen molar-refractivity contribution in [3.63, 3.8) is 0 Å². The highest BCUT2D eigenvalue weighted by molar-refractivity contribution is 5.39. The molecule has 0 bridgehead atoms. The topological polar surface area (TPSA) is 41.9 Å². The summed E-state index contributed by atoms with van der Waals surface area (Å²) in [7, 11) is 1.64. The molecule has 0 atom stereocenters. The van der Waals surface area contributed by atoms with E-state index in [1.165, 1.54) is 5.56 Å². The third kappa shape index (κ3) is 5.93. The lowest BCUT2D eigenvalue weighted by molar-refractivity contribution is 0.181. The Labute approximate surface area is 138 Å². The molecular weight excluding hydrogens is 290 g/mol. The number of hydrogen-bond donors (Lipinski definition) is 1. The summed E-state index contributed by atoms with van der Waals surface area (Å²) in [5.74, 6) is 1.51. The lowest BCUT2D eigenvalue weighted by atomic mass is 10.2. The second-order valence-corrected chi connectivity index (χ2v) is 5.34. The van der Waals surface area contributed by atoms with Crippen molar-refractivity contribution in [3.8, 4) is 11.5 Å². The molecule has 2 aromatic carbocycles. The minimum absolute atomic E-state index is 0.207. The minimum atomic E-state index is 0.207. The predicted molar refractivity (Wildman–Crippen MR) is 91.9 cm³/mol. The summed E-state index contributed by atoms with van der Waals surface area (Å²) in [4.78, 5) is 2.29. The number of aliphatic hydroxyl groups excluding tert-OH is 1. The van der Waals surface area contributed by atoms with Crippen LogP contribution in [0.1, 0.15) is 12.0 Å². The molecule has 0 radical (unpaired) electrons. The van der Waals surface area contributed by atoms with Gasteiger partial charge in [0, 0.05) is 26.2 Å². The molecule has 2 rings (SSSR count). The average molecular weight is 315 g/mol. The summed E-state index contributed by atoms with van der Waals surface area (Å²) in [6, 6.07) is 18.0. The van der Waals surface area contributed by atoms with E-state index in [1.54, 1.807) is 7.11 Å². The van der Waals surface area contributed by atoms with E-state index in [4.69, 9.17) is 14.6 Å². The highest BCUT2D eigenvalue weighted by atomic mass is 16.5. The molecule has 0 fully saturated rings. The molecule has 0 aromatic heterocycles. The summed E-state index contributed by atoms with van der Waals surface area (Å²) >= 11 is 0. The van der Waals surface area contributed by atoms with Gasteiger partial charge < -0.3 is 14.6 Å². The Hall–Kier alpha value is -2.04. The van der Waals surface area contributed by atoms with Crippen LogP contribution in [0.25, 0.3) is 0 Å². The quantitative estimate of drug-likeness (QED) is 0.732. The number of benzene rings is 2. The van der Waals surface area contributed by atoms with E-state index in [9.17, 15) is 0 Å². The number of methoxy groups -OCH3 is 1. The van der Waals surface area contributed by atoms with Gasteiger partial charge in [0.2, 0.25) is 0 Å². The average Bonchev–Trinajstić information content (AvgIpc) is 2.60. The minimum Gasteiger partial charge on any atom is -0.493 e. The third-order valence-electron chi connectivity index (χ3n) is 3.62. The van der Waals surface area contributed by atoms with Crippen molar-refractivity contribution in [2.45, 2.75) is 13.0 Å². The lowest BCUT2D eigenvalue weighted by Gasteiger charge is -2.22. The Morgan fingerprint density at radius 1 is 0.913 bits per heavy atom. The molecule has 0 heterocycles. The van der Waals surface area contributed by atoms with Crippen molar-refractivity contribution in [2.24, 2.45) is 0 Å². The first-order valence-electron chi connectivity index (χ1n) is 7.96. The van der Waals surface area contributed by atoms with Crippen LogP contribution in [0.15, 0.2) is 54.6 Å². The Bertz CT molecular complexity index is 560. The number of rotatable bonds is 10. The standard InChI is InChI=1S/C19H25NO3/c1-22-18-10-5-6-11-19(18)23-15-13-20(12-7-14-21)16-17-8-3-2-4-9-17/h2-6,8-11,21H,7,12-16H2,1H3. The lowest BCUT2D eigenvalue weighted by Crippen LogP contribution is -2.29. The molecule has 0 aliphatic carbocycles.